The predicted octanol–water partition coefficient (Wildman–Crippen LogP) is 1.69. The van der Waals surface area contributed by atoms with Crippen molar-refractivity contribution in [1.29, 1.82) is 0 Å². The van der Waals surface area contributed by atoms with Gasteiger partial charge in [-0.1, -0.05) is 13.0 Å². The first-order valence-electron chi connectivity index (χ1n) is 6.53. The van der Waals surface area contributed by atoms with Crippen LogP contribution in [0.3, 0.4) is 0 Å². The number of thioether (sulfide) groups is 1. The molecule has 0 aromatic heterocycles. The summed E-state index contributed by atoms with van der Waals surface area (Å²) in [7, 11) is 0. The number of primary amides is 1. The van der Waals surface area contributed by atoms with Gasteiger partial charge in [-0.25, -0.2) is 0 Å². The third kappa shape index (κ3) is 3.22. The number of nitrogens with zero attached hydrogens (tertiary/aromatic N) is 1. The van der Waals surface area contributed by atoms with Gasteiger partial charge in [-0.05, 0) is 24.6 Å². The molecule has 5 heteroatoms. The Morgan fingerprint density at radius 1 is 1.47 bits per heavy atom. The number of hydrogen-bond acceptors (Lipinski definition) is 4. The zero-order valence-electron chi connectivity index (χ0n) is 11.4. The second kappa shape index (κ2) is 5.84. The van der Waals surface area contributed by atoms with Gasteiger partial charge in [0.2, 0.25) is 5.91 Å². The zero-order valence-corrected chi connectivity index (χ0v) is 12.2. The molecule has 1 aromatic rings. The molecular weight excluding hydrogens is 258 g/mol. The molecule has 1 heterocycles. The van der Waals surface area contributed by atoms with E-state index in [1.165, 1.54) is 0 Å². The predicted molar refractivity (Wildman–Crippen MR) is 81.2 cm³/mol. The maximum Gasteiger partial charge on any atom is 0.248 e. The van der Waals surface area contributed by atoms with Crippen LogP contribution >= 0.6 is 11.8 Å². The lowest BCUT2D eigenvalue weighted by atomic mass is 10.1. The Bertz CT molecular complexity index is 478. The number of carbonyl (C=O) groups is 1. The fourth-order valence-electron chi connectivity index (χ4n) is 2.33. The van der Waals surface area contributed by atoms with Gasteiger partial charge in [0.15, 0.2) is 0 Å². The van der Waals surface area contributed by atoms with Crippen molar-refractivity contribution < 1.29 is 4.79 Å². The lowest BCUT2D eigenvalue weighted by Crippen LogP contribution is -2.44. The van der Waals surface area contributed by atoms with Crippen molar-refractivity contribution in [3.8, 4) is 0 Å². The van der Waals surface area contributed by atoms with Crippen molar-refractivity contribution in [1.82, 2.24) is 4.90 Å². The molecule has 1 aliphatic rings. The van der Waals surface area contributed by atoms with Crippen LogP contribution in [0.5, 0.6) is 0 Å². The van der Waals surface area contributed by atoms with Crippen LogP contribution in [0, 0.1) is 0 Å². The number of amides is 1. The highest BCUT2D eigenvalue weighted by atomic mass is 32.2. The Balaban J connectivity index is 2.12. The number of anilines is 1. The van der Waals surface area contributed by atoms with Crippen LogP contribution in [0.1, 0.15) is 29.8 Å². The van der Waals surface area contributed by atoms with Crippen molar-refractivity contribution in [2.24, 2.45) is 5.73 Å². The molecule has 0 aliphatic carbocycles. The minimum Gasteiger partial charge on any atom is -0.398 e. The van der Waals surface area contributed by atoms with Gasteiger partial charge in [-0.2, -0.15) is 11.8 Å². The molecule has 1 amide bonds. The highest BCUT2D eigenvalue weighted by molar-refractivity contribution is 8.00. The number of carbonyl (C=O) groups excluding carboxylic acids is 1. The van der Waals surface area contributed by atoms with Crippen LogP contribution in [0.25, 0.3) is 0 Å². The van der Waals surface area contributed by atoms with Gasteiger partial charge in [0.1, 0.15) is 0 Å². The molecule has 4 N–H and O–H groups in total. The molecule has 1 fully saturated rings. The summed E-state index contributed by atoms with van der Waals surface area (Å²) in [5.41, 5.74) is 13.4. The molecule has 0 radical (unpaired) electrons. The molecule has 0 spiro atoms. The first-order chi connectivity index (χ1) is 8.99. The minimum atomic E-state index is -0.436. The van der Waals surface area contributed by atoms with E-state index in [1.54, 1.807) is 12.1 Å². The Hall–Kier alpha value is -1.20. The van der Waals surface area contributed by atoms with Crippen LogP contribution in [-0.2, 0) is 6.54 Å². The molecule has 104 valence electrons. The Morgan fingerprint density at radius 3 is 2.84 bits per heavy atom. The Morgan fingerprint density at radius 2 is 2.21 bits per heavy atom. The molecule has 2 unspecified atom stereocenters. The largest absolute Gasteiger partial charge is 0.398 e. The fourth-order valence-corrected chi connectivity index (χ4v) is 3.49. The first kappa shape index (κ1) is 14.2. The molecule has 0 bridgehead atoms. The number of nitrogens with two attached hydrogens (primary N) is 2. The average Bonchev–Trinajstić information content (AvgIpc) is 2.37. The van der Waals surface area contributed by atoms with E-state index in [9.17, 15) is 4.79 Å². The summed E-state index contributed by atoms with van der Waals surface area (Å²) in [6, 6.07) is 5.87. The highest BCUT2D eigenvalue weighted by Crippen LogP contribution is 2.27. The molecule has 1 aliphatic heterocycles. The van der Waals surface area contributed by atoms with Crippen molar-refractivity contribution in [2.75, 3.05) is 18.0 Å². The summed E-state index contributed by atoms with van der Waals surface area (Å²) in [4.78, 5) is 13.5. The average molecular weight is 279 g/mol. The maximum absolute atomic E-state index is 11.1. The van der Waals surface area contributed by atoms with Gasteiger partial charge in [-0.15, -0.1) is 0 Å². The lowest BCUT2D eigenvalue weighted by molar-refractivity contribution is 0.100. The fraction of sp³-hybridized carbons (Fsp3) is 0.500. The Kier molecular flexibility index (Phi) is 4.37. The lowest BCUT2D eigenvalue weighted by Gasteiger charge is -2.37. The van der Waals surface area contributed by atoms with Crippen LogP contribution in [-0.4, -0.2) is 34.4 Å². The zero-order chi connectivity index (χ0) is 14.0. The van der Waals surface area contributed by atoms with Crippen molar-refractivity contribution in [3.63, 3.8) is 0 Å². The van der Waals surface area contributed by atoms with Crippen LogP contribution in [0.2, 0.25) is 0 Å². The highest BCUT2D eigenvalue weighted by Gasteiger charge is 2.25. The minimum absolute atomic E-state index is 0.436. The third-order valence-corrected chi connectivity index (χ3v) is 5.16. The quantitative estimate of drug-likeness (QED) is 0.826. The molecular formula is C14H21N3OS. The molecule has 2 atom stereocenters. The summed E-state index contributed by atoms with van der Waals surface area (Å²) in [5, 5.41) is 0.639. The van der Waals surface area contributed by atoms with Gasteiger partial charge < -0.3 is 11.5 Å². The van der Waals surface area contributed by atoms with Crippen LogP contribution in [0.15, 0.2) is 18.2 Å². The normalized spacial score (nSPS) is 24.3. The van der Waals surface area contributed by atoms with E-state index in [0.717, 1.165) is 24.4 Å². The number of hydrogen-bond donors (Lipinski definition) is 2. The monoisotopic (exact) mass is 279 g/mol. The number of rotatable bonds is 3. The Labute approximate surface area is 118 Å². The van der Waals surface area contributed by atoms with Crippen molar-refractivity contribution >= 4 is 23.4 Å². The van der Waals surface area contributed by atoms with Crippen LogP contribution in [0.4, 0.5) is 5.69 Å². The van der Waals surface area contributed by atoms with E-state index < -0.39 is 5.91 Å². The molecule has 1 saturated heterocycles. The smallest absolute Gasteiger partial charge is 0.248 e. The topological polar surface area (TPSA) is 72.3 Å². The van der Waals surface area contributed by atoms with Gasteiger partial charge >= 0.3 is 0 Å². The van der Waals surface area contributed by atoms with Gasteiger partial charge in [-0.3, -0.25) is 9.69 Å². The molecule has 2 rings (SSSR count). The third-order valence-electron chi connectivity index (χ3n) is 3.82. The van der Waals surface area contributed by atoms with Gasteiger partial charge in [0.05, 0.1) is 0 Å². The second-order valence-corrected chi connectivity index (χ2v) is 6.55. The van der Waals surface area contributed by atoms with Crippen molar-refractivity contribution in [2.45, 2.75) is 31.7 Å². The van der Waals surface area contributed by atoms with E-state index in [0.29, 0.717) is 22.5 Å². The van der Waals surface area contributed by atoms with Gasteiger partial charge in [0, 0.05) is 41.4 Å². The SMILES string of the molecule is CC1SCCN(Cc2ccc(C(N)=O)cc2N)C1C. The summed E-state index contributed by atoms with van der Waals surface area (Å²) in [5.74, 6) is 0.722. The summed E-state index contributed by atoms with van der Waals surface area (Å²) >= 11 is 2.02. The summed E-state index contributed by atoms with van der Waals surface area (Å²) in [6.45, 7) is 6.43. The van der Waals surface area contributed by atoms with E-state index in [-0.39, 0.29) is 0 Å². The van der Waals surface area contributed by atoms with E-state index >= 15 is 0 Å². The number of benzene rings is 1. The standard InChI is InChI=1S/C14H21N3OS/c1-9-10(2)19-6-5-17(9)8-12-4-3-11(14(16)18)7-13(12)15/h3-4,7,9-10H,5-6,8,15H2,1-2H3,(H2,16,18). The second-order valence-electron chi connectivity index (χ2n) is 5.06. The molecule has 1 aromatic carbocycles. The molecule has 19 heavy (non-hydrogen) atoms. The van der Waals surface area contributed by atoms with E-state index in [4.69, 9.17) is 11.5 Å². The van der Waals surface area contributed by atoms with E-state index in [2.05, 4.69) is 18.7 Å². The molecule has 0 saturated carbocycles. The summed E-state index contributed by atoms with van der Waals surface area (Å²) in [6.07, 6.45) is 0. The van der Waals surface area contributed by atoms with Crippen molar-refractivity contribution in [3.05, 3.63) is 29.3 Å². The molecule has 4 nitrogen and oxygen atoms in total. The first-order valence-corrected chi connectivity index (χ1v) is 7.57. The van der Waals surface area contributed by atoms with Crippen LogP contribution < -0.4 is 11.5 Å². The van der Waals surface area contributed by atoms with Gasteiger partial charge in [0.25, 0.3) is 0 Å². The maximum atomic E-state index is 11.1. The van der Waals surface area contributed by atoms with E-state index in [1.807, 2.05) is 17.8 Å². The summed E-state index contributed by atoms with van der Waals surface area (Å²) < 4.78 is 0. The number of nitrogen functional groups attached to an aromatic ring is 1.